The van der Waals surface area contributed by atoms with E-state index >= 15 is 0 Å². The highest BCUT2D eigenvalue weighted by molar-refractivity contribution is 5.95. The second kappa shape index (κ2) is 6.33. The summed E-state index contributed by atoms with van der Waals surface area (Å²) in [5.41, 5.74) is 6.90. The first kappa shape index (κ1) is 15.2. The largest absolute Gasteiger partial charge is 0.346 e. The summed E-state index contributed by atoms with van der Waals surface area (Å²) in [6, 6.07) is 7.63. The summed E-state index contributed by atoms with van der Waals surface area (Å²) in [4.78, 5) is 22.7. The molecule has 104 valence electrons. The Kier molecular flexibility index (Phi) is 5.06. The van der Waals surface area contributed by atoms with Gasteiger partial charge in [0.25, 0.3) is 0 Å². The minimum Gasteiger partial charge on any atom is -0.346 e. The van der Waals surface area contributed by atoms with Crippen molar-refractivity contribution in [2.75, 3.05) is 18.4 Å². The van der Waals surface area contributed by atoms with E-state index in [-0.39, 0.29) is 30.3 Å². The highest BCUT2D eigenvalue weighted by Crippen LogP contribution is 2.28. The smallest absolute Gasteiger partial charge is 0.243 e. The normalized spacial score (nSPS) is 10.9. The highest BCUT2D eigenvalue weighted by Gasteiger charge is 2.18. The number of nitrogens with one attached hydrogen (secondary N) is 2. The summed E-state index contributed by atoms with van der Waals surface area (Å²) < 4.78 is 0. The van der Waals surface area contributed by atoms with Crippen molar-refractivity contribution in [1.29, 1.82) is 0 Å². The van der Waals surface area contributed by atoms with Crippen molar-refractivity contribution in [2.24, 2.45) is 5.73 Å². The molecule has 0 unspecified atom stereocenters. The Morgan fingerprint density at radius 3 is 2.37 bits per heavy atom. The van der Waals surface area contributed by atoms with E-state index in [0.717, 1.165) is 11.3 Å². The number of nitrogens with two attached hydrogens (primary N) is 1. The van der Waals surface area contributed by atoms with Gasteiger partial charge in [0, 0.05) is 5.69 Å². The Hall–Kier alpha value is -1.88. The molecule has 5 nitrogen and oxygen atoms in total. The van der Waals surface area contributed by atoms with Gasteiger partial charge in [-0.25, -0.2) is 0 Å². The van der Waals surface area contributed by atoms with E-state index in [2.05, 4.69) is 31.4 Å². The van der Waals surface area contributed by atoms with E-state index in [1.807, 2.05) is 24.3 Å². The molecule has 0 saturated heterocycles. The molecule has 0 aliphatic carbocycles. The van der Waals surface area contributed by atoms with Crippen LogP contribution < -0.4 is 16.4 Å². The van der Waals surface area contributed by atoms with Crippen LogP contribution >= 0.6 is 0 Å². The van der Waals surface area contributed by atoms with Gasteiger partial charge in [-0.05, 0) is 17.0 Å². The van der Waals surface area contributed by atoms with Gasteiger partial charge in [0.05, 0.1) is 13.1 Å². The molecule has 0 radical (unpaired) electrons. The lowest BCUT2D eigenvalue weighted by Gasteiger charge is -2.23. The zero-order valence-electron chi connectivity index (χ0n) is 11.6. The number of carbonyl (C=O) groups excluding carboxylic acids is 2. The molecular formula is C14H21N3O2. The average molecular weight is 263 g/mol. The number of para-hydroxylation sites is 1. The van der Waals surface area contributed by atoms with Gasteiger partial charge in [-0.3, -0.25) is 9.59 Å². The molecule has 0 heterocycles. The predicted octanol–water partition coefficient (Wildman–Crippen LogP) is 0.997. The zero-order valence-corrected chi connectivity index (χ0v) is 11.6. The maximum Gasteiger partial charge on any atom is 0.243 e. The van der Waals surface area contributed by atoms with Gasteiger partial charge in [0.2, 0.25) is 11.8 Å². The number of hydrogen-bond acceptors (Lipinski definition) is 3. The van der Waals surface area contributed by atoms with Crippen LogP contribution in [0.3, 0.4) is 0 Å². The molecule has 0 aliphatic heterocycles. The highest BCUT2D eigenvalue weighted by atomic mass is 16.2. The molecule has 0 aliphatic rings. The third-order valence-corrected chi connectivity index (χ3v) is 2.64. The first-order valence-corrected chi connectivity index (χ1v) is 6.20. The van der Waals surface area contributed by atoms with Crippen LogP contribution in [0, 0.1) is 0 Å². The third-order valence-electron chi connectivity index (χ3n) is 2.64. The second-order valence-corrected chi connectivity index (χ2v) is 5.32. The predicted molar refractivity (Wildman–Crippen MR) is 75.8 cm³/mol. The van der Waals surface area contributed by atoms with Gasteiger partial charge < -0.3 is 16.4 Å². The number of carbonyl (C=O) groups is 2. The Labute approximate surface area is 113 Å². The maximum absolute atomic E-state index is 11.7. The summed E-state index contributed by atoms with van der Waals surface area (Å²) in [5, 5.41) is 5.24. The molecule has 5 heteroatoms. The van der Waals surface area contributed by atoms with Gasteiger partial charge in [-0.1, -0.05) is 39.0 Å². The Morgan fingerprint density at radius 1 is 1.16 bits per heavy atom. The van der Waals surface area contributed by atoms with Crippen molar-refractivity contribution in [3.05, 3.63) is 29.8 Å². The maximum atomic E-state index is 11.7. The molecule has 1 aromatic carbocycles. The van der Waals surface area contributed by atoms with Crippen molar-refractivity contribution < 1.29 is 9.59 Å². The van der Waals surface area contributed by atoms with Crippen molar-refractivity contribution in [3.63, 3.8) is 0 Å². The number of amides is 2. The van der Waals surface area contributed by atoms with Crippen molar-refractivity contribution in [1.82, 2.24) is 5.32 Å². The van der Waals surface area contributed by atoms with Crippen LogP contribution in [0.1, 0.15) is 26.3 Å². The van der Waals surface area contributed by atoms with E-state index in [4.69, 9.17) is 5.73 Å². The molecule has 0 saturated carbocycles. The van der Waals surface area contributed by atoms with E-state index in [0.29, 0.717) is 0 Å². The minimum atomic E-state index is -0.348. The Morgan fingerprint density at radius 2 is 1.79 bits per heavy atom. The zero-order chi connectivity index (χ0) is 14.5. The van der Waals surface area contributed by atoms with Crippen molar-refractivity contribution >= 4 is 17.5 Å². The summed E-state index contributed by atoms with van der Waals surface area (Å²) in [5.74, 6) is -0.613. The van der Waals surface area contributed by atoms with Crippen LogP contribution in [-0.4, -0.2) is 24.9 Å². The van der Waals surface area contributed by atoms with Crippen molar-refractivity contribution in [2.45, 2.75) is 26.2 Å². The van der Waals surface area contributed by atoms with Gasteiger partial charge in [0.15, 0.2) is 0 Å². The second-order valence-electron chi connectivity index (χ2n) is 5.32. The van der Waals surface area contributed by atoms with Crippen molar-refractivity contribution in [3.8, 4) is 0 Å². The third kappa shape index (κ3) is 4.71. The molecule has 4 N–H and O–H groups in total. The van der Waals surface area contributed by atoms with E-state index in [1.165, 1.54) is 0 Å². The number of rotatable bonds is 4. The van der Waals surface area contributed by atoms with Crippen LogP contribution in [0.2, 0.25) is 0 Å². The van der Waals surface area contributed by atoms with Gasteiger partial charge in [-0.2, -0.15) is 0 Å². The van der Waals surface area contributed by atoms with Gasteiger partial charge in [0.1, 0.15) is 0 Å². The molecular weight excluding hydrogens is 242 g/mol. The summed E-state index contributed by atoms with van der Waals surface area (Å²) in [6.07, 6.45) is 0. The van der Waals surface area contributed by atoms with Gasteiger partial charge >= 0.3 is 0 Å². The Balaban J connectivity index is 2.72. The number of hydrogen-bond donors (Lipinski definition) is 3. The summed E-state index contributed by atoms with van der Waals surface area (Å²) in [7, 11) is 0. The van der Waals surface area contributed by atoms with Crippen LogP contribution in [0.4, 0.5) is 5.69 Å². The first-order chi connectivity index (χ1) is 8.84. The quantitative estimate of drug-likeness (QED) is 0.757. The van der Waals surface area contributed by atoms with E-state index in [1.54, 1.807) is 0 Å². The molecule has 0 fully saturated rings. The molecule has 19 heavy (non-hydrogen) atoms. The van der Waals surface area contributed by atoms with Crippen LogP contribution in [0.25, 0.3) is 0 Å². The standard InChI is InChI=1S/C14H21N3O2/c1-14(2,3)10-6-4-5-7-11(10)17-13(19)9-16-12(18)8-15/h4-7H,8-9,15H2,1-3H3,(H,16,18)(H,17,19). The fourth-order valence-corrected chi connectivity index (χ4v) is 1.69. The van der Waals surface area contributed by atoms with Crippen LogP contribution in [-0.2, 0) is 15.0 Å². The summed E-state index contributed by atoms with van der Waals surface area (Å²) in [6.45, 7) is 6.04. The van der Waals surface area contributed by atoms with E-state index in [9.17, 15) is 9.59 Å². The lowest BCUT2D eigenvalue weighted by Crippen LogP contribution is -2.36. The van der Waals surface area contributed by atoms with Crippen LogP contribution in [0.15, 0.2) is 24.3 Å². The number of benzene rings is 1. The van der Waals surface area contributed by atoms with E-state index < -0.39 is 0 Å². The fraction of sp³-hybridized carbons (Fsp3) is 0.429. The SMILES string of the molecule is CC(C)(C)c1ccccc1NC(=O)CNC(=O)CN. The minimum absolute atomic E-state index is 0.0651. The average Bonchev–Trinajstić information content (AvgIpc) is 2.35. The molecule has 2 amide bonds. The Bertz CT molecular complexity index is 464. The monoisotopic (exact) mass is 263 g/mol. The fourth-order valence-electron chi connectivity index (χ4n) is 1.69. The van der Waals surface area contributed by atoms with Gasteiger partial charge in [-0.15, -0.1) is 0 Å². The molecule has 1 aromatic rings. The lowest BCUT2D eigenvalue weighted by molar-refractivity contribution is -0.123. The van der Waals surface area contributed by atoms with Crippen LogP contribution in [0.5, 0.6) is 0 Å². The molecule has 0 aromatic heterocycles. The molecule has 0 bridgehead atoms. The molecule has 0 atom stereocenters. The topological polar surface area (TPSA) is 84.2 Å². The lowest BCUT2D eigenvalue weighted by atomic mass is 9.86. The number of anilines is 1. The summed E-state index contributed by atoms with van der Waals surface area (Å²) >= 11 is 0. The first-order valence-electron chi connectivity index (χ1n) is 6.20. The molecule has 0 spiro atoms. The molecule has 1 rings (SSSR count).